The van der Waals surface area contributed by atoms with Crippen LogP contribution < -0.4 is 0 Å². The smallest absolute Gasteiger partial charge is 0.227 e. The molecule has 88 valence electrons. The molecule has 0 fully saturated rings. The van der Waals surface area contributed by atoms with Gasteiger partial charge in [-0.2, -0.15) is 0 Å². The van der Waals surface area contributed by atoms with Crippen LogP contribution in [0.5, 0.6) is 0 Å². The Kier molecular flexibility index (Phi) is 4.40. The van der Waals surface area contributed by atoms with Gasteiger partial charge in [0, 0.05) is 19.2 Å². The average Bonchev–Trinajstić information content (AvgIpc) is 2.24. The Morgan fingerprint density at radius 3 is 2.38 bits per heavy atom. The summed E-state index contributed by atoms with van der Waals surface area (Å²) in [6, 6.07) is 3.27. The number of amides is 1. The zero-order valence-corrected chi connectivity index (χ0v) is 9.46. The van der Waals surface area contributed by atoms with Crippen LogP contribution in [0.25, 0.3) is 0 Å². The van der Waals surface area contributed by atoms with E-state index in [1.54, 1.807) is 4.90 Å². The molecule has 1 amide bonds. The fourth-order valence-corrected chi connectivity index (χ4v) is 1.52. The van der Waals surface area contributed by atoms with Crippen molar-refractivity contribution in [3.8, 4) is 0 Å². The first kappa shape index (κ1) is 12.6. The number of carbonyl (C=O) groups excluding carboxylic acids is 1. The number of halogens is 2. The molecule has 0 saturated heterocycles. The van der Waals surface area contributed by atoms with Crippen molar-refractivity contribution >= 4 is 5.91 Å². The van der Waals surface area contributed by atoms with Crippen LogP contribution in [-0.4, -0.2) is 23.9 Å². The van der Waals surface area contributed by atoms with Gasteiger partial charge in [-0.05, 0) is 25.5 Å². The number of hydrogen-bond acceptors (Lipinski definition) is 1. The van der Waals surface area contributed by atoms with Gasteiger partial charge < -0.3 is 4.90 Å². The zero-order valence-electron chi connectivity index (χ0n) is 9.46. The standard InChI is InChI=1S/C12H15F2NO/c1-3-15(4-2)12(16)7-9-5-6-10(13)8-11(9)14/h5-6,8H,3-4,7H2,1-2H3. The second-order valence-electron chi connectivity index (χ2n) is 3.48. The molecule has 0 aromatic heterocycles. The molecule has 16 heavy (non-hydrogen) atoms. The first-order chi connectivity index (χ1) is 7.58. The van der Waals surface area contributed by atoms with Crippen LogP contribution >= 0.6 is 0 Å². The van der Waals surface area contributed by atoms with E-state index in [9.17, 15) is 13.6 Å². The van der Waals surface area contributed by atoms with E-state index in [-0.39, 0.29) is 17.9 Å². The number of carbonyl (C=O) groups is 1. The maximum absolute atomic E-state index is 13.3. The molecule has 0 aliphatic heterocycles. The molecule has 0 N–H and O–H groups in total. The number of nitrogens with zero attached hydrogens (tertiary/aromatic N) is 1. The van der Waals surface area contributed by atoms with Gasteiger partial charge in [-0.25, -0.2) is 8.78 Å². The molecule has 0 bridgehead atoms. The molecule has 0 unspecified atom stereocenters. The molecule has 1 rings (SSSR count). The number of hydrogen-bond donors (Lipinski definition) is 0. The molecule has 0 spiro atoms. The Hall–Kier alpha value is -1.45. The van der Waals surface area contributed by atoms with Crippen LogP contribution in [0.2, 0.25) is 0 Å². The lowest BCUT2D eigenvalue weighted by Gasteiger charge is -2.18. The third-order valence-electron chi connectivity index (χ3n) is 2.47. The van der Waals surface area contributed by atoms with Crippen molar-refractivity contribution in [2.45, 2.75) is 20.3 Å². The Labute approximate surface area is 93.9 Å². The molecular weight excluding hydrogens is 212 g/mol. The molecule has 1 aromatic rings. The zero-order chi connectivity index (χ0) is 12.1. The molecule has 4 heteroatoms. The fraction of sp³-hybridized carbons (Fsp3) is 0.417. The van der Waals surface area contributed by atoms with Gasteiger partial charge in [0.1, 0.15) is 11.6 Å². The summed E-state index contributed by atoms with van der Waals surface area (Å²) in [6.45, 7) is 4.92. The summed E-state index contributed by atoms with van der Waals surface area (Å²) in [5.41, 5.74) is 0.235. The highest BCUT2D eigenvalue weighted by Crippen LogP contribution is 2.11. The van der Waals surface area contributed by atoms with Crippen LogP contribution in [0, 0.1) is 11.6 Å². The fourth-order valence-electron chi connectivity index (χ4n) is 1.52. The summed E-state index contributed by atoms with van der Waals surface area (Å²) in [4.78, 5) is 13.3. The van der Waals surface area contributed by atoms with E-state index in [2.05, 4.69) is 0 Å². The SMILES string of the molecule is CCN(CC)C(=O)Cc1ccc(F)cc1F. The van der Waals surface area contributed by atoms with Gasteiger partial charge in [0.15, 0.2) is 0 Å². The highest BCUT2D eigenvalue weighted by molar-refractivity contribution is 5.78. The van der Waals surface area contributed by atoms with Crippen molar-refractivity contribution in [2.75, 3.05) is 13.1 Å². The minimum absolute atomic E-state index is 0.0200. The van der Waals surface area contributed by atoms with Crippen LogP contribution in [0.15, 0.2) is 18.2 Å². The van der Waals surface area contributed by atoms with Gasteiger partial charge in [-0.1, -0.05) is 6.07 Å². The summed E-state index contributed by atoms with van der Waals surface area (Å²) in [5.74, 6) is -1.44. The van der Waals surface area contributed by atoms with Gasteiger partial charge in [0.2, 0.25) is 5.91 Å². The monoisotopic (exact) mass is 227 g/mol. The highest BCUT2D eigenvalue weighted by atomic mass is 19.1. The highest BCUT2D eigenvalue weighted by Gasteiger charge is 2.13. The third-order valence-corrected chi connectivity index (χ3v) is 2.47. The lowest BCUT2D eigenvalue weighted by molar-refractivity contribution is -0.130. The second kappa shape index (κ2) is 5.58. The number of likely N-dealkylation sites (N-methyl/N-ethyl adjacent to an activating group) is 1. The molecule has 0 atom stereocenters. The average molecular weight is 227 g/mol. The molecular formula is C12H15F2NO. The predicted molar refractivity (Wildman–Crippen MR) is 58.0 cm³/mol. The first-order valence-corrected chi connectivity index (χ1v) is 5.30. The van der Waals surface area contributed by atoms with E-state index in [1.165, 1.54) is 6.07 Å². The maximum Gasteiger partial charge on any atom is 0.227 e. The summed E-state index contributed by atoms with van der Waals surface area (Å²) in [7, 11) is 0. The van der Waals surface area contributed by atoms with Crippen molar-refractivity contribution in [3.05, 3.63) is 35.4 Å². The minimum atomic E-state index is -0.666. The Morgan fingerprint density at radius 1 is 1.25 bits per heavy atom. The third kappa shape index (κ3) is 3.02. The van der Waals surface area contributed by atoms with Crippen LogP contribution in [0.4, 0.5) is 8.78 Å². The Balaban J connectivity index is 2.76. The topological polar surface area (TPSA) is 20.3 Å². The largest absolute Gasteiger partial charge is 0.343 e. The van der Waals surface area contributed by atoms with Crippen molar-refractivity contribution in [1.29, 1.82) is 0 Å². The van der Waals surface area contributed by atoms with E-state index in [4.69, 9.17) is 0 Å². The maximum atomic E-state index is 13.3. The summed E-state index contributed by atoms with van der Waals surface area (Å²) >= 11 is 0. The van der Waals surface area contributed by atoms with Crippen molar-refractivity contribution < 1.29 is 13.6 Å². The van der Waals surface area contributed by atoms with Gasteiger partial charge in [0.25, 0.3) is 0 Å². The van der Waals surface area contributed by atoms with Gasteiger partial charge in [0.05, 0.1) is 6.42 Å². The minimum Gasteiger partial charge on any atom is -0.343 e. The van der Waals surface area contributed by atoms with E-state index in [1.807, 2.05) is 13.8 Å². The number of benzene rings is 1. The van der Waals surface area contributed by atoms with E-state index in [0.717, 1.165) is 12.1 Å². The predicted octanol–water partition coefficient (Wildman–Crippen LogP) is 2.38. The van der Waals surface area contributed by atoms with Crippen molar-refractivity contribution in [1.82, 2.24) is 4.90 Å². The Bertz CT molecular complexity index is 375. The molecule has 1 aromatic carbocycles. The van der Waals surface area contributed by atoms with E-state index >= 15 is 0 Å². The van der Waals surface area contributed by atoms with Gasteiger partial charge >= 0.3 is 0 Å². The Morgan fingerprint density at radius 2 is 1.88 bits per heavy atom. The molecule has 0 radical (unpaired) electrons. The summed E-state index contributed by atoms with van der Waals surface area (Å²) in [6.07, 6.45) is -0.0200. The lowest BCUT2D eigenvalue weighted by atomic mass is 10.1. The molecule has 2 nitrogen and oxygen atoms in total. The van der Waals surface area contributed by atoms with Crippen LogP contribution in [0.3, 0.4) is 0 Å². The van der Waals surface area contributed by atoms with Gasteiger partial charge in [-0.15, -0.1) is 0 Å². The lowest BCUT2D eigenvalue weighted by Crippen LogP contribution is -2.31. The first-order valence-electron chi connectivity index (χ1n) is 5.30. The van der Waals surface area contributed by atoms with Crippen LogP contribution in [-0.2, 0) is 11.2 Å². The van der Waals surface area contributed by atoms with Gasteiger partial charge in [-0.3, -0.25) is 4.79 Å². The second-order valence-corrected chi connectivity index (χ2v) is 3.48. The normalized spacial score (nSPS) is 10.2. The quantitative estimate of drug-likeness (QED) is 0.773. The van der Waals surface area contributed by atoms with Crippen molar-refractivity contribution in [2.24, 2.45) is 0 Å². The van der Waals surface area contributed by atoms with Crippen LogP contribution in [0.1, 0.15) is 19.4 Å². The number of rotatable bonds is 4. The molecule has 0 saturated carbocycles. The molecule has 0 heterocycles. The summed E-state index contributed by atoms with van der Waals surface area (Å²) in [5, 5.41) is 0. The van der Waals surface area contributed by atoms with E-state index in [0.29, 0.717) is 13.1 Å². The van der Waals surface area contributed by atoms with Crippen molar-refractivity contribution in [3.63, 3.8) is 0 Å². The summed E-state index contributed by atoms with van der Waals surface area (Å²) < 4.78 is 25.9. The van der Waals surface area contributed by atoms with E-state index < -0.39 is 11.6 Å². The molecule has 0 aliphatic rings. The molecule has 0 aliphatic carbocycles.